The van der Waals surface area contributed by atoms with E-state index in [1.807, 2.05) is 30.3 Å². The molecule has 2 amide bonds. The normalized spacial score (nSPS) is 11.7. The second-order valence-corrected chi connectivity index (χ2v) is 5.87. The van der Waals surface area contributed by atoms with Gasteiger partial charge in [-0.1, -0.05) is 25.1 Å². The first kappa shape index (κ1) is 18.1. The average Bonchev–Trinajstić information content (AvgIpc) is 2.65. The molecular formula is C18H19N7O2. The van der Waals surface area contributed by atoms with Gasteiger partial charge in [-0.25, -0.2) is 4.98 Å². The van der Waals surface area contributed by atoms with Gasteiger partial charge in [0.05, 0.1) is 17.4 Å². The number of carbonyl (C=O) groups excluding carboxylic acids is 2. The van der Waals surface area contributed by atoms with Gasteiger partial charge in [0.2, 0.25) is 11.9 Å². The maximum absolute atomic E-state index is 11.7. The summed E-state index contributed by atoms with van der Waals surface area (Å²) in [6.45, 7) is 1.81. The zero-order chi connectivity index (χ0) is 19.4. The number of aromatic nitrogens is 3. The minimum absolute atomic E-state index is 0.112. The fourth-order valence-corrected chi connectivity index (χ4v) is 2.53. The summed E-state index contributed by atoms with van der Waals surface area (Å²) in [5.41, 5.74) is 12.3. The highest BCUT2D eigenvalue weighted by atomic mass is 16.1. The molecule has 0 spiro atoms. The number of carbonyl (C=O) groups is 2. The molecule has 0 fully saturated rings. The third kappa shape index (κ3) is 4.09. The molecule has 0 saturated carbocycles. The molecule has 3 rings (SSSR count). The van der Waals surface area contributed by atoms with E-state index in [4.69, 9.17) is 11.5 Å². The molecule has 3 aromatic rings. The molecule has 0 aliphatic rings. The van der Waals surface area contributed by atoms with Crippen LogP contribution in [0, 0.1) is 0 Å². The Morgan fingerprint density at radius 2 is 1.93 bits per heavy atom. The number of hydrogen-bond donors (Lipinski definition) is 4. The van der Waals surface area contributed by atoms with Crippen LogP contribution < -0.4 is 22.1 Å². The number of nitrogens with zero attached hydrogens (tertiary/aromatic N) is 3. The minimum atomic E-state index is -0.681. The number of amides is 2. The monoisotopic (exact) mass is 365 g/mol. The Bertz CT molecular complexity index is 1010. The smallest absolute Gasteiger partial charge is 0.254 e. The molecule has 27 heavy (non-hydrogen) atoms. The first-order valence-corrected chi connectivity index (χ1v) is 8.32. The first-order chi connectivity index (χ1) is 13.0. The van der Waals surface area contributed by atoms with Crippen molar-refractivity contribution in [3.05, 3.63) is 48.3 Å². The van der Waals surface area contributed by atoms with E-state index in [0.717, 1.165) is 10.9 Å². The molecule has 0 unspecified atom stereocenters. The van der Waals surface area contributed by atoms with Crippen molar-refractivity contribution in [3.63, 3.8) is 0 Å². The molecule has 2 aromatic heterocycles. The number of para-hydroxylation sites is 1. The number of pyridine rings is 1. The van der Waals surface area contributed by atoms with Crippen LogP contribution in [0.25, 0.3) is 10.9 Å². The summed E-state index contributed by atoms with van der Waals surface area (Å²) in [6, 6.07) is 8.88. The minimum Gasteiger partial charge on any atom is -0.368 e. The summed E-state index contributed by atoms with van der Waals surface area (Å²) in [4.78, 5) is 35.8. The van der Waals surface area contributed by atoms with E-state index in [1.165, 1.54) is 6.20 Å². The van der Waals surface area contributed by atoms with E-state index in [2.05, 4.69) is 25.6 Å². The highest BCUT2D eigenvalue weighted by molar-refractivity contribution is 5.98. The average molecular weight is 365 g/mol. The molecule has 0 radical (unpaired) electrons. The molecule has 1 aromatic carbocycles. The van der Waals surface area contributed by atoms with Crippen molar-refractivity contribution in [2.75, 3.05) is 10.6 Å². The molecule has 0 saturated heterocycles. The highest BCUT2D eigenvalue weighted by Crippen LogP contribution is 2.22. The fraction of sp³-hybridized carbons (Fsp3) is 0.167. The number of benzene rings is 1. The van der Waals surface area contributed by atoms with Crippen molar-refractivity contribution in [1.82, 2.24) is 15.0 Å². The molecule has 0 aliphatic carbocycles. The number of primary amides is 2. The second kappa shape index (κ2) is 7.65. The molecule has 9 heteroatoms. The lowest BCUT2D eigenvalue weighted by Gasteiger charge is -2.15. The summed E-state index contributed by atoms with van der Waals surface area (Å²) in [5.74, 6) is -0.841. The van der Waals surface area contributed by atoms with Crippen LogP contribution in [0.3, 0.4) is 0 Å². The molecule has 0 aliphatic heterocycles. The van der Waals surface area contributed by atoms with E-state index in [-0.39, 0.29) is 17.3 Å². The van der Waals surface area contributed by atoms with Gasteiger partial charge in [0.25, 0.3) is 5.91 Å². The van der Waals surface area contributed by atoms with E-state index >= 15 is 0 Å². The Hall–Kier alpha value is -3.75. The van der Waals surface area contributed by atoms with Crippen LogP contribution in [0.2, 0.25) is 0 Å². The molecule has 0 bridgehead atoms. The van der Waals surface area contributed by atoms with Crippen molar-refractivity contribution in [2.45, 2.75) is 19.4 Å². The zero-order valence-electron chi connectivity index (χ0n) is 14.6. The van der Waals surface area contributed by atoms with Crippen LogP contribution in [0.1, 0.15) is 23.7 Å². The SMILES string of the molecule is CC[C@@H](Nc1ncc(C(N)=O)c(Nc2cnc3ccccc3c2)n1)C(N)=O. The lowest BCUT2D eigenvalue weighted by molar-refractivity contribution is -0.118. The first-order valence-electron chi connectivity index (χ1n) is 8.32. The van der Waals surface area contributed by atoms with Crippen LogP contribution in [0.15, 0.2) is 42.7 Å². The second-order valence-electron chi connectivity index (χ2n) is 5.87. The number of anilines is 3. The van der Waals surface area contributed by atoms with Crippen LogP contribution >= 0.6 is 0 Å². The molecule has 2 heterocycles. The van der Waals surface area contributed by atoms with Crippen LogP contribution in [0.5, 0.6) is 0 Å². The van der Waals surface area contributed by atoms with Crippen LogP contribution in [-0.2, 0) is 4.79 Å². The maximum atomic E-state index is 11.7. The van der Waals surface area contributed by atoms with Gasteiger partial charge in [-0.3, -0.25) is 14.6 Å². The van der Waals surface area contributed by atoms with Crippen molar-refractivity contribution in [3.8, 4) is 0 Å². The van der Waals surface area contributed by atoms with Crippen molar-refractivity contribution >= 4 is 40.2 Å². The third-order valence-electron chi connectivity index (χ3n) is 3.96. The summed E-state index contributed by atoms with van der Waals surface area (Å²) < 4.78 is 0. The standard InChI is InChI=1S/C18H19N7O2/c1-2-13(16(20)27)24-18-22-9-12(15(19)26)17(25-18)23-11-7-10-5-3-4-6-14(10)21-8-11/h3-9,13H,2H2,1H3,(H2,19,26)(H2,20,27)(H2,22,23,24,25)/t13-/m1/s1. The number of nitrogens with two attached hydrogens (primary N) is 2. The topological polar surface area (TPSA) is 149 Å². The molecule has 9 nitrogen and oxygen atoms in total. The van der Waals surface area contributed by atoms with Gasteiger partial charge in [0.1, 0.15) is 17.4 Å². The summed E-state index contributed by atoms with van der Waals surface area (Å²) in [6.07, 6.45) is 3.39. The molecular weight excluding hydrogens is 346 g/mol. The predicted molar refractivity (Wildman–Crippen MR) is 102 cm³/mol. The summed E-state index contributed by atoms with van der Waals surface area (Å²) in [5, 5.41) is 6.81. The Morgan fingerprint density at radius 3 is 2.63 bits per heavy atom. The van der Waals surface area contributed by atoms with Crippen LogP contribution in [-0.4, -0.2) is 32.8 Å². The number of hydrogen-bond acceptors (Lipinski definition) is 7. The Morgan fingerprint density at radius 1 is 1.15 bits per heavy atom. The molecule has 138 valence electrons. The number of nitrogens with one attached hydrogen (secondary N) is 2. The largest absolute Gasteiger partial charge is 0.368 e. The van der Waals surface area contributed by atoms with E-state index in [9.17, 15) is 9.59 Å². The summed E-state index contributed by atoms with van der Waals surface area (Å²) in [7, 11) is 0. The Labute approximate surface area is 155 Å². The van der Waals surface area contributed by atoms with E-state index in [1.54, 1.807) is 13.1 Å². The van der Waals surface area contributed by atoms with Gasteiger partial charge in [-0.15, -0.1) is 0 Å². The predicted octanol–water partition coefficient (Wildman–Crippen LogP) is 1.54. The van der Waals surface area contributed by atoms with Gasteiger partial charge in [-0.2, -0.15) is 4.98 Å². The Balaban J connectivity index is 1.94. The summed E-state index contributed by atoms with van der Waals surface area (Å²) >= 11 is 0. The van der Waals surface area contributed by atoms with Gasteiger partial charge < -0.3 is 22.1 Å². The number of fused-ring (bicyclic) bond motifs is 1. The van der Waals surface area contributed by atoms with Crippen LogP contribution in [0.4, 0.5) is 17.5 Å². The third-order valence-corrected chi connectivity index (χ3v) is 3.96. The van der Waals surface area contributed by atoms with Gasteiger partial charge in [0.15, 0.2) is 0 Å². The quantitative estimate of drug-likeness (QED) is 0.496. The molecule has 1 atom stereocenters. The van der Waals surface area contributed by atoms with Gasteiger partial charge in [0, 0.05) is 11.6 Å². The Kier molecular flexibility index (Phi) is 5.11. The number of rotatable bonds is 7. The van der Waals surface area contributed by atoms with E-state index < -0.39 is 17.9 Å². The lowest BCUT2D eigenvalue weighted by Crippen LogP contribution is -2.35. The fourth-order valence-electron chi connectivity index (χ4n) is 2.53. The van der Waals surface area contributed by atoms with Gasteiger partial charge in [-0.05, 0) is 18.6 Å². The maximum Gasteiger partial charge on any atom is 0.254 e. The van der Waals surface area contributed by atoms with Crippen molar-refractivity contribution < 1.29 is 9.59 Å². The van der Waals surface area contributed by atoms with E-state index in [0.29, 0.717) is 12.1 Å². The van der Waals surface area contributed by atoms with Crippen molar-refractivity contribution in [2.24, 2.45) is 11.5 Å². The lowest BCUT2D eigenvalue weighted by atomic mass is 10.2. The van der Waals surface area contributed by atoms with Crippen molar-refractivity contribution in [1.29, 1.82) is 0 Å². The molecule has 6 N–H and O–H groups in total. The zero-order valence-corrected chi connectivity index (χ0v) is 14.6. The highest BCUT2D eigenvalue weighted by Gasteiger charge is 2.17. The van der Waals surface area contributed by atoms with Gasteiger partial charge >= 0.3 is 0 Å².